The lowest BCUT2D eigenvalue weighted by molar-refractivity contribution is -0.773. The van der Waals surface area contributed by atoms with Crippen molar-refractivity contribution in [1.82, 2.24) is 4.90 Å². The summed E-state index contributed by atoms with van der Waals surface area (Å²) in [6.07, 6.45) is -0.368. The molecule has 76 valence electrons. The molecule has 0 N–H and O–H groups in total. The van der Waals surface area contributed by atoms with Gasteiger partial charge in [-0.05, 0) is 13.8 Å². The average Bonchev–Trinajstić information content (AvgIpc) is 2.03. The van der Waals surface area contributed by atoms with Crippen molar-refractivity contribution >= 4 is 0 Å². The maximum atomic E-state index is 10.1. The first-order chi connectivity index (χ1) is 6.09. The molecule has 1 aliphatic heterocycles. The number of morpholine rings is 1. The van der Waals surface area contributed by atoms with Gasteiger partial charge >= 0.3 is 0 Å². The SMILES string of the molecule is CC1CN(C(C)O[N+](=O)[O-])CCO1. The molecular formula is C7H14N2O4. The molecule has 0 spiro atoms. The van der Waals surface area contributed by atoms with E-state index in [-0.39, 0.29) is 6.10 Å². The van der Waals surface area contributed by atoms with Crippen LogP contribution in [0.1, 0.15) is 13.8 Å². The molecule has 0 saturated carbocycles. The van der Waals surface area contributed by atoms with Gasteiger partial charge in [0, 0.05) is 13.1 Å². The Kier molecular flexibility index (Phi) is 3.44. The lowest BCUT2D eigenvalue weighted by Gasteiger charge is -2.33. The van der Waals surface area contributed by atoms with Gasteiger partial charge in [-0.1, -0.05) is 0 Å². The Hall–Kier alpha value is -0.880. The highest BCUT2D eigenvalue weighted by molar-refractivity contribution is 4.68. The molecule has 0 aromatic carbocycles. The van der Waals surface area contributed by atoms with Crippen LogP contribution in [0.5, 0.6) is 0 Å². The smallest absolute Gasteiger partial charge is 0.296 e. The molecule has 0 radical (unpaired) electrons. The van der Waals surface area contributed by atoms with Gasteiger partial charge in [-0.15, -0.1) is 10.1 Å². The number of nitrogens with zero attached hydrogens (tertiary/aromatic N) is 2. The molecule has 0 aromatic rings. The molecule has 1 rings (SSSR count). The van der Waals surface area contributed by atoms with Crippen molar-refractivity contribution < 1.29 is 14.7 Å². The van der Waals surface area contributed by atoms with Gasteiger partial charge in [0.25, 0.3) is 5.09 Å². The molecule has 1 saturated heterocycles. The molecule has 6 nitrogen and oxygen atoms in total. The second-order valence-electron chi connectivity index (χ2n) is 3.10. The van der Waals surface area contributed by atoms with Crippen molar-refractivity contribution in [2.75, 3.05) is 19.7 Å². The zero-order valence-electron chi connectivity index (χ0n) is 7.80. The Morgan fingerprint density at radius 1 is 1.77 bits per heavy atom. The summed E-state index contributed by atoms with van der Waals surface area (Å²) >= 11 is 0. The fourth-order valence-electron chi connectivity index (χ4n) is 1.37. The van der Waals surface area contributed by atoms with Crippen molar-refractivity contribution in [2.45, 2.75) is 26.2 Å². The van der Waals surface area contributed by atoms with E-state index >= 15 is 0 Å². The summed E-state index contributed by atoms with van der Waals surface area (Å²) in [5, 5.41) is 9.30. The van der Waals surface area contributed by atoms with Crippen LogP contribution in [0.3, 0.4) is 0 Å². The lowest BCUT2D eigenvalue weighted by atomic mass is 10.3. The highest BCUT2D eigenvalue weighted by Gasteiger charge is 2.23. The zero-order chi connectivity index (χ0) is 9.84. The van der Waals surface area contributed by atoms with Crippen LogP contribution in [-0.4, -0.2) is 42.0 Å². The molecule has 1 aliphatic rings. The number of rotatable bonds is 3. The Labute approximate surface area is 76.5 Å². The van der Waals surface area contributed by atoms with E-state index in [4.69, 9.17) is 4.74 Å². The molecule has 0 aliphatic carbocycles. The van der Waals surface area contributed by atoms with Gasteiger partial charge < -0.3 is 4.74 Å². The normalized spacial score (nSPS) is 26.8. The summed E-state index contributed by atoms with van der Waals surface area (Å²) in [4.78, 5) is 16.4. The first-order valence-corrected chi connectivity index (χ1v) is 4.26. The molecular weight excluding hydrogens is 176 g/mol. The third-order valence-electron chi connectivity index (χ3n) is 2.03. The van der Waals surface area contributed by atoms with Crippen LogP contribution < -0.4 is 0 Å². The summed E-state index contributed by atoms with van der Waals surface area (Å²) in [6, 6.07) is 0. The Morgan fingerprint density at radius 2 is 2.46 bits per heavy atom. The minimum Gasteiger partial charge on any atom is -0.376 e. The topological polar surface area (TPSA) is 64.8 Å². The number of ether oxygens (including phenoxy) is 1. The average molecular weight is 190 g/mol. The molecule has 13 heavy (non-hydrogen) atoms. The van der Waals surface area contributed by atoms with Crippen molar-refractivity contribution in [2.24, 2.45) is 0 Å². The van der Waals surface area contributed by atoms with Crippen LogP contribution in [0.2, 0.25) is 0 Å². The Balaban J connectivity index is 2.36. The van der Waals surface area contributed by atoms with Crippen molar-refractivity contribution in [3.63, 3.8) is 0 Å². The minimum atomic E-state index is -0.759. The molecule has 0 bridgehead atoms. The second kappa shape index (κ2) is 4.38. The highest BCUT2D eigenvalue weighted by atomic mass is 17.0. The standard InChI is InChI=1S/C7H14N2O4/c1-6-5-8(3-4-12-6)7(2)13-9(10)11/h6-7H,3-5H2,1-2H3. The first-order valence-electron chi connectivity index (χ1n) is 4.26. The predicted molar refractivity (Wildman–Crippen MR) is 44.5 cm³/mol. The maximum Gasteiger partial charge on any atom is 0.296 e. The zero-order valence-corrected chi connectivity index (χ0v) is 7.80. The highest BCUT2D eigenvalue weighted by Crippen LogP contribution is 2.09. The van der Waals surface area contributed by atoms with Gasteiger partial charge in [0.1, 0.15) is 0 Å². The Morgan fingerprint density at radius 3 is 3.00 bits per heavy atom. The van der Waals surface area contributed by atoms with E-state index in [0.29, 0.717) is 19.7 Å². The summed E-state index contributed by atoms with van der Waals surface area (Å²) < 4.78 is 5.30. The van der Waals surface area contributed by atoms with E-state index in [1.165, 1.54) is 0 Å². The fraction of sp³-hybridized carbons (Fsp3) is 1.00. The summed E-state index contributed by atoms with van der Waals surface area (Å²) in [5.41, 5.74) is 0. The number of hydrogen-bond donors (Lipinski definition) is 0. The van der Waals surface area contributed by atoms with Crippen molar-refractivity contribution in [3.8, 4) is 0 Å². The quantitative estimate of drug-likeness (QED) is 0.472. The van der Waals surface area contributed by atoms with E-state index in [1.54, 1.807) is 6.92 Å². The molecule has 0 aromatic heterocycles. The summed E-state index contributed by atoms with van der Waals surface area (Å²) in [6.45, 7) is 5.56. The van der Waals surface area contributed by atoms with Gasteiger partial charge in [0.2, 0.25) is 0 Å². The monoisotopic (exact) mass is 190 g/mol. The van der Waals surface area contributed by atoms with Crippen LogP contribution >= 0.6 is 0 Å². The minimum absolute atomic E-state index is 0.117. The van der Waals surface area contributed by atoms with Gasteiger partial charge in [-0.3, -0.25) is 9.74 Å². The van der Waals surface area contributed by atoms with Crippen molar-refractivity contribution in [3.05, 3.63) is 10.1 Å². The Bertz CT molecular complexity index is 187. The van der Waals surface area contributed by atoms with E-state index in [0.717, 1.165) is 0 Å². The fourth-order valence-corrected chi connectivity index (χ4v) is 1.37. The van der Waals surface area contributed by atoms with E-state index in [9.17, 15) is 10.1 Å². The molecule has 1 fully saturated rings. The maximum absolute atomic E-state index is 10.1. The molecule has 1 heterocycles. The second-order valence-corrected chi connectivity index (χ2v) is 3.10. The van der Waals surface area contributed by atoms with Crippen LogP contribution in [0.15, 0.2) is 0 Å². The van der Waals surface area contributed by atoms with Crippen LogP contribution in [0.4, 0.5) is 0 Å². The predicted octanol–water partition coefficient (Wildman–Crippen LogP) is 0.261. The van der Waals surface area contributed by atoms with E-state index < -0.39 is 11.3 Å². The van der Waals surface area contributed by atoms with Crippen LogP contribution in [-0.2, 0) is 9.57 Å². The largest absolute Gasteiger partial charge is 0.376 e. The van der Waals surface area contributed by atoms with E-state index in [1.807, 2.05) is 11.8 Å². The van der Waals surface area contributed by atoms with Crippen LogP contribution in [0.25, 0.3) is 0 Å². The van der Waals surface area contributed by atoms with Crippen LogP contribution in [0, 0.1) is 10.1 Å². The molecule has 6 heteroatoms. The third-order valence-corrected chi connectivity index (χ3v) is 2.03. The van der Waals surface area contributed by atoms with Gasteiger partial charge in [0.05, 0.1) is 12.7 Å². The first kappa shape index (κ1) is 10.2. The van der Waals surface area contributed by atoms with Gasteiger partial charge in [-0.2, -0.15) is 0 Å². The number of hydrogen-bond acceptors (Lipinski definition) is 5. The lowest BCUT2D eigenvalue weighted by Crippen LogP contribution is -2.47. The van der Waals surface area contributed by atoms with E-state index in [2.05, 4.69) is 4.84 Å². The molecule has 0 amide bonds. The van der Waals surface area contributed by atoms with Gasteiger partial charge in [0.15, 0.2) is 6.23 Å². The third kappa shape index (κ3) is 3.16. The summed E-state index contributed by atoms with van der Waals surface area (Å²) in [5.74, 6) is 0. The molecule has 2 atom stereocenters. The van der Waals surface area contributed by atoms with Crippen molar-refractivity contribution in [1.29, 1.82) is 0 Å². The summed E-state index contributed by atoms with van der Waals surface area (Å²) in [7, 11) is 0. The molecule has 2 unspecified atom stereocenters. The van der Waals surface area contributed by atoms with Gasteiger partial charge in [-0.25, -0.2) is 0 Å².